The molecule has 0 amide bonds. The lowest BCUT2D eigenvalue weighted by Crippen LogP contribution is -1.97. The molecule has 0 N–H and O–H groups in total. The lowest BCUT2D eigenvalue weighted by Gasteiger charge is -2.13. The number of hydrogen-bond acceptors (Lipinski definition) is 5. The standard InChI is InChI=1S/C49H33N5/c1-4-16-34(17-5-1)39-31-47(43-26-12-13-29-50-43)52-48(32-39)44-28-15-27-42(51-44)41-25-11-10-24-40(41)37-22-14-23-38(30-37)49-53-45(35-18-6-2-7-19-35)33-46(54-49)36-20-8-3-9-21-36/h1-33H. The Hall–Kier alpha value is -7.37. The molecular weight excluding hydrogens is 659 g/mol. The van der Waals surface area contributed by atoms with E-state index in [-0.39, 0.29) is 0 Å². The summed E-state index contributed by atoms with van der Waals surface area (Å²) in [6, 6.07) is 66.0. The van der Waals surface area contributed by atoms with Gasteiger partial charge in [-0.25, -0.2) is 19.9 Å². The average molecular weight is 692 g/mol. The van der Waals surface area contributed by atoms with Crippen LogP contribution in [0.25, 0.3) is 90.2 Å². The highest BCUT2D eigenvalue weighted by molar-refractivity contribution is 5.85. The summed E-state index contributed by atoms with van der Waals surface area (Å²) >= 11 is 0. The molecule has 5 heteroatoms. The molecule has 4 aromatic heterocycles. The molecule has 0 radical (unpaired) electrons. The van der Waals surface area contributed by atoms with Crippen LogP contribution in [0.15, 0.2) is 200 Å². The van der Waals surface area contributed by atoms with Crippen molar-refractivity contribution < 1.29 is 0 Å². The normalized spacial score (nSPS) is 11.0. The molecule has 54 heavy (non-hydrogen) atoms. The molecule has 0 spiro atoms. The van der Waals surface area contributed by atoms with Gasteiger partial charge >= 0.3 is 0 Å². The predicted octanol–water partition coefficient (Wildman–Crippen LogP) is 12.0. The Bertz CT molecular complexity index is 2390. The van der Waals surface area contributed by atoms with Gasteiger partial charge in [-0.15, -0.1) is 0 Å². The van der Waals surface area contributed by atoms with E-state index in [2.05, 4.69) is 132 Å². The van der Waals surface area contributed by atoms with Gasteiger partial charge in [0.15, 0.2) is 5.82 Å². The summed E-state index contributed by atoms with van der Waals surface area (Å²) in [5, 5.41) is 0. The summed E-state index contributed by atoms with van der Waals surface area (Å²) in [5.74, 6) is 0.669. The smallest absolute Gasteiger partial charge is 0.160 e. The summed E-state index contributed by atoms with van der Waals surface area (Å²) < 4.78 is 0. The maximum atomic E-state index is 5.23. The SMILES string of the molecule is c1ccc(-c2cc(-c3ccccn3)nc(-c3cccc(-c4ccccc4-c4cccc(-c5nc(-c6ccccc6)cc(-c6ccccc6)n5)c4)n3)c2)cc1. The molecule has 254 valence electrons. The molecule has 0 aliphatic rings. The van der Waals surface area contributed by atoms with Crippen molar-refractivity contribution in [2.45, 2.75) is 0 Å². The van der Waals surface area contributed by atoms with Crippen molar-refractivity contribution in [3.8, 4) is 90.2 Å². The van der Waals surface area contributed by atoms with Crippen LogP contribution >= 0.6 is 0 Å². The number of rotatable bonds is 8. The number of benzene rings is 5. The Morgan fingerprint density at radius 2 is 0.741 bits per heavy atom. The second-order valence-electron chi connectivity index (χ2n) is 12.9. The van der Waals surface area contributed by atoms with E-state index < -0.39 is 0 Å². The molecule has 0 aliphatic heterocycles. The summed E-state index contributed by atoms with van der Waals surface area (Å²) in [7, 11) is 0. The average Bonchev–Trinajstić information content (AvgIpc) is 3.27. The second kappa shape index (κ2) is 14.7. The van der Waals surface area contributed by atoms with Gasteiger partial charge < -0.3 is 0 Å². The first-order valence-corrected chi connectivity index (χ1v) is 17.9. The van der Waals surface area contributed by atoms with Gasteiger partial charge in [-0.1, -0.05) is 146 Å². The van der Waals surface area contributed by atoms with Crippen molar-refractivity contribution in [3.05, 3.63) is 200 Å². The van der Waals surface area contributed by atoms with Crippen molar-refractivity contribution in [2.24, 2.45) is 0 Å². The van der Waals surface area contributed by atoms with Crippen LogP contribution in [0.4, 0.5) is 0 Å². The molecule has 0 atom stereocenters. The van der Waals surface area contributed by atoms with Crippen molar-refractivity contribution in [3.63, 3.8) is 0 Å². The zero-order valence-electron chi connectivity index (χ0n) is 29.3. The van der Waals surface area contributed by atoms with E-state index in [0.29, 0.717) is 5.82 Å². The Morgan fingerprint density at radius 3 is 1.41 bits per heavy atom. The molecule has 0 bridgehead atoms. The summed E-state index contributed by atoms with van der Waals surface area (Å²) in [4.78, 5) is 25.1. The van der Waals surface area contributed by atoms with Crippen LogP contribution in [0.2, 0.25) is 0 Å². The molecule has 0 unspecified atom stereocenters. The summed E-state index contributed by atoms with van der Waals surface area (Å²) in [6.45, 7) is 0. The molecule has 5 aromatic carbocycles. The summed E-state index contributed by atoms with van der Waals surface area (Å²) in [6.07, 6.45) is 1.80. The molecule has 9 rings (SSSR count). The largest absolute Gasteiger partial charge is 0.255 e. The predicted molar refractivity (Wildman–Crippen MR) is 219 cm³/mol. The zero-order chi connectivity index (χ0) is 36.1. The van der Waals surface area contributed by atoms with Crippen LogP contribution in [0.3, 0.4) is 0 Å². The van der Waals surface area contributed by atoms with E-state index in [1.54, 1.807) is 6.20 Å². The van der Waals surface area contributed by atoms with Gasteiger partial charge in [0.1, 0.15) is 0 Å². The van der Waals surface area contributed by atoms with Crippen molar-refractivity contribution >= 4 is 0 Å². The van der Waals surface area contributed by atoms with Crippen LogP contribution in [0.1, 0.15) is 0 Å². The van der Waals surface area contributed by atoms with E-state index in [1.807, 2.05) is 66.7 Å². The minimum absolute atomic E-state index is 0.669. The third-order valence-electron chi connectivity index (χ3n) is 9.37. The monoisotopic (exact) mass is 691 g/mol. The van der Waals surface area contributed by atoms with E-state index in [4.69, 9.17) is 19.9 Å². The number of aromatic nitrogens is 5. The van der Waals surface area contributed by atoms with Crippen molar-refractivity contribution in [2.75, 3.05) is 0 Å². The Kier molecular flexibility index (Phi) is 8.86. The van der Waals surface area contributed by atoms with Gasteiger partial charge in [-0.05, 0) is 70.8 Å². The quantitative estimate of drug-likeness (QED) is 0.159. The van der Waals surface area contributed by atoms with Crippen LogP contribution in [-0.2, 0) is 0 Å². The minimum Gasteiger partial charge on any atom is -0.255 e. The number of pyridine rings is 3. The highest BCUT2D eigenvalue weighted by Crippen LogP contribution is 2.36. The fourth-order valence-corrected chi connectivity index (χ4v) is 6.71. The lowest BCUT2D eigenvalue weighted by molar-refractivity contribution is 1.18. The van der Waals surface area contributed by atoms with Crippen molar-refractivity contribution in [1.82, 2.24) is 24.9 Å². The highest BCUT2D eigenvalue weighted by atomic mass is 14.9. The van der Waals surface area contributed by atoms with Crippen LogP contribution in [0, 0.1) is 0 Å². The van der Waals surface area contributed by atoms with Crippen LogP contribution < -0.4 is 0 Å². The third kappa shape index (κ3) is 6.82. The van der Waals surface area contributed by atoms with Crippen LogP contribution in [-0.4, -0.2) is 24.9 Å². The molecule has 0 fully saturated rings. The molecule has 9 aromatic rings. The summed E-state index contributed by atoms with van der Waals surface area (Å²) in [5.41, 5.74) is 14.1. The van der Waals surface area contributed by atoms with Crippen LogP contribution in [0.5, 0.6) is 0 Å². The maximum absolute atomic E-state index is 5.23. The van der Waals surface area contributed by atoms with Gasteiger partial charge in [-0.2, -0.15) is 0 Å². The fourth-order valence-electron chi connectivity index (χ4n) is 6.71. The first-order chi connectivity index (χ1) is 26.7. The first-order valence-electron chi connectivity index (χ1n) is 17.9. The van der Waals surface area contributed by atoms with E-state index in [1.165, 1.54) is 0 Å². The van der Waals surface area contributed by atoms with Gasteiger partial charge in [0, 0.05) is 28.5 Å². The zero-order valence-corrected chi connectivity index (χ0v) is 29.3. The second-order valence-corrected chi connectivity index (χ2v) is 12.9. The van der Waals surface area contributed by atoms with E-state index in [0.717, 1.165) is 84.4 Å². The molecule has 5 nitrogen and oxygen atoms in total. The number of hydrogen-bond donors (Lipinski definition) is 0. The van der Waals surface area contributed by atoms with E-state index >= 15 is 0 Å². The Labute approximate surface area is 314 Å². The molecular formula is C49H33N5. The molecule has 0 saturated carbocycles. The highest BCUT2D eigenvalue weighted by Gasteiger charge is 2.15. The lowest BCUT2D eigenvalue weighted by atomic mass is 9.95. The third-order valence-corrected chi connectivity index (χ3v) is 9.37. The number of nitrogens with zero attached hydrogens (tertiary/aromatic N) is 5. The van der Waals surface area contributed by atoms with Crippen molar-refractivity contribution in [1.29, 1.82) is 0 Å². The maximum Gasteiger partial charge on any atom is 0.160 e. The minimum atomic E-state index is 0.669. The molecule has 0 saturated heterocycles. The molecule has 4 heterocycles. The van der Waals surface area contributed by atoms with Gasteiger partial charge in [0.2, 0.25) is 0 Å². The van der Waals surface area contributed by atoms with Gasteiger partial charge in [0.05, 0.1) is 39.9 Å². The first kappa shape index (κ1) is 32.5. The topological polar surface area (TPSA) is 64.5 Å². The van der Waals surface area contributed by atoms with E-state index in [9.17, 15) is 0 Å². The Morgan fingerprint density at radius 1 is 0.241 bits per heavy atom. The molecule has 0 aliphatic carbocycles. The van der Waals surface area contributed by atoms with Gasteiger partial charge in [0.25, 0.3) is 0 Å². The Balaban J connectivity index is 1.12. The fraction of sp³-hybridized carbons (Fsp3) is 0. The van der Waals surface area contributed by atoms with Gasteiger partial charge in [-0.3, -0.25) is 4.98 Å².